The lowest BCUT2D eigenvalue weighted by molar-refractivity contribution is 0.632. The quantitative estimate of drug-likeness (QED) is 0.848. The normalized spacial score (nSPS) is 10.1. The summed E-state index contributed by atoms with van der Waals surface area (Å²) in [7, 11) is 0. The van der Waals surface area contributed by atoms with Crippen LogP contribution in [0, 0.1) is 5.82 Å². The van der Waals surface area contributed by atoms with E-state index in [1.165, 1.54) is 12.3 Å². The molecule has 1 heterocycles. The molecule has 2 aromatic rings. The fraction of sp³-hybridized carbons (Fsp3) is 0. The first-order valence-electron chi connectivity index (χ1n) is 5.05. The van der Waals surface area contributed by atoms with Gasteiger partial charge in [0.2, 0.25) is 0 Å². The van der Waals surface area contributed by atoms with Crippen LogP contribution in [-0.2, 0) is 0 Å². The van der Waals surface area contributed by atoms with E-state index in [1.54, 1.807) is 24.3 Å². The summed E-state index contributed by atoms with van der Waals surface area (Å²) < 4.78 is 13.6. The van der Waals surface area contributed by atoms with Crippen molar-refractivity contribution < 1.29 is 4.39 Å². The second-order valence-corrected chi connectivity index (χ2v) is 4.37. The zero-order chi connectivity index (χ0) is 13.1. The van der Waals surface area contributed by atoms with Crippen molar-refractivity contribution in [2.45, 2.75) is 0 Å². The van der Waals surface area contributed by atoms with E-state index < -0.39 is 5.82 Å². The van der Waals surface area contributed by atoms with Crippen molar-refractivity contribution in [3.63, 3.8) is 0 Å². The van der Waals surface area contributed by atoms with Crippen molar-refractivity contribution in [3.05, 3.63) is 52.9 Å². The summed E-state index contributed by atoms with van der Waals surface area (Å²) in [5.74, 6) is -0.0319. The third-order valence-corrected chi connectivity index (χ3v) is 2.79. The monoisotopic (exact) mass is 281 g/mol. The van der Waals surface area contributed by atoms with Gasteiger partial charge < -0.3 is 11.1 Å². The van der Waals surface area contributed by atoms with E-state index in [0.29, 0.717) is 11.4 Å². The molecule has 1 aromatic heterocycles. The molecule has 1 aromatic carbocycles. The standard InChI is InChI=1S/C12H9ClFN3S/c13-8-2-1-3-9(11(8)14)17-10-5-4-7(6-16-10)12(15)18/h1-6H,(H2,15,18)(H,16,17). The van der Waals surface area contributed by atoms with Crippen molar-refractivity contribution >= 4 is 40.3 Å². The topological polar surface area (TPSA) is 50.9 Å². The Morgan fingerprint density at radius 2 is 2.11 bits per heavy atom. The van der Waals surface area contributed by atoms with Gasteiger partial charge in [-0.3, -0.25) is 0 Å². The van der Waals surface area contributed by atoms with Gasteiger partial charge in [0.1, 0.15) is 10.8 Å². The lowest BCUT2D eigenvalue weighted by Crippen LogP contribution is -2.09. The minimum Gasteiger partial charge on any atom is -0.389 e. The number of nitrogens with one attached hydrogen (secondary N) is 1. The van der Waals surface area contributed by atoms with Gasteiger partial charge in [-0.15, -0.1) is 0 Å². The lowest BCUT2D eigenvalue weighted by Gasteiger charge is -2.07. The number of nitrogens with two attached hydrogens (primary N) is 1. The SMILES string of the molecule is NC(=S)c1ccc(Nc2cccc(Cl)c2F)nc1. The van der Waals surface area contributed by atoms with Crippen LogP contribution in [-0.4, -0.2) is 9.97 Å². The molecule has 0 atom stereocenters. The number of benzene rings is 1. The molecule has 92 valence electrons. The van der Waals surface area contributed by atoms with Crippen molar-refractivity contribution in [2.75, 3.05) is 5.32 Å². The highest BCUT2D eigenvalue weighted by atomic mass is 35.5. The summed E-state index contributed by atoms with van der Waals surface area (Å²) in [6, 6.07) is 8.07. The number of rotatable bonds is 3. The van der Waals surface area contributed by atoms with E-state index >= 15 is 0 Å². The highest BCUT2D eigenvalue weighted by molar-refractivity contribution is 7.80. The minimum absolute atomic E-state index is 0.0553. The Bertz CT molecular complexity index is 586. The molecule has 3 nitrogen and oxygen atoms in total. The largest absolute Gasteiger partial charge is 0.389 e. The Balaban J connectivity index is 2.24. The number of anilines is 2. The fourth-order valence-corrected chi connectivity index (χ4v) is 1.65. The van der Waals surface area contributed by atoms with Crippen LogP contribution in [0.25, 0.3) is 0 Å². The number of aromatic nitrogens is 1. The van der Waals surface area contributed by atoms with Crippen LogP contribution in [0.5, 0.6) is 0 Å². The highest BCUT2D eigenvalue weighted by Crippen LogP contribution is 2.24. The highest BCUT2D eigenvalue weighted by Gasteiger charge is 2.06. The molecule has 0 aliphatic rings. The first kappa shape index (κ1) is 12.7. The predicted octanol–water partition coefficient (Wildman–Crippen LogP) is 3.25. The summed E-state index contributed by atoms with van der Waals surface area (Å²) in [6.45, 7) is 0. The van der Waals surface area contributed by atoms with Gasteiger partial charge in [-0.05, 0) is 24.3 Å². The molecule has 18 heavy (non-hydrogen) atoms. The third-order valence-electron chi connectivity index (χ3n) is 2.26. The first-order chi connectivity index (χ1) is 8.58. The van der Waals surface area contributed by atoms with Gasteiger partial charge in [0, 0.05) is 11.8 Å². The van der Waals surface area contributed by atoms with Crippen molar-refractivity contribution in [2.24, 2.45) is 5.73 Å². The molecular formula is C12H9ClFN3S. The molecule has 0 radical (unpaired) electrons. The Morgan fingerprint density at radius 1 is 1.33 bits per heavy atom. The van der Waals surface area contributed by atoms with Crippen LogP contribution >= 0.6 is 23.8 Å². The molecule has 3 N–H and O–H groups in total. The Labute approximate surface area is 114 Å². The second kappa shape index (κ2) is 5.29. The summed E-state index contributed by atoms with van der Waals surface area (Å²) in [5, 5.41) is 2.88. The molecule has 0 unspecified atom stereocenters. The maximum Gasteiger partial charge on any atom is 0.165 e. The molecule has 2 rings (SSSR count). The Morgan fingerprint density at radius 3 is 2.72 bits per heavy atom. The Hall–Kier alpha value is -1.72. The van der Waals surface area contributed by atoms with Crippen LogP contribution in [0.3, 0.4) is 0 Å². The zero-order valence-corrected chi connectivity index (χ0v) is 10.7. The minimum atomic E-state index is -0.514. The Kier molecular flexibility index (Phi) is 3.74. The van der Waals surface area contributed by atoms with Gasteiger partial charge in [0.05, 0.1) is 10.7 Å². The van der Waals surface area contributed by atoms with Crippen molar-refractivity contribution in [3.8, 4) is 0 Å². The van der Waals surface area contributed by atoms with E-state index in [2.05, 4.69) is 10.3 Å². The van der Waals surface area contributed by atoms with Gasteiger partial charge in [-0.2, -0.15) is 0 Å². The van der Waals surface area contributed by atoms with Gasteiger partial charge >= 0.3 is 0 Å². The van der Waals surface area contributed by atoms with E-state index in [-0.39, 0.29) is 15.7 Å². The van der Waals surface area contributed by atoms with Crippen LogP contribution in [0.1, 0.15) is 5.56 Å². The smallest absolute Gasteiger partial charge is 0.165 e. The summed E-state index contributed by atoms with van der Waals surface area (Å²) in [6.07, 6.45) is 1.52. The number of nitrogens with zero attached hydrogens (tertiary/aromatic N) is 1. The molecule has 0 aliphatic heterocycles. The van der Waals surface area contributed by atoms with E-state index in [0.717, 1.165) is 0 Å². The summed E-state index contributed by atoms with van der Waals surface area (Å²) in [4.78, 5) is 4.34. The van der Waals surface area contributed by atoms with Crippen LogP contribution in [0.2, 0.25) is 5.02 Å². The van der Waals surface area contributed by atoms with Crippen LogP contribution in [0.15, 0.2) is 36.5 Å². The number of thiocarbonyl (C=S) groups is 1. The van der Waals surface area contributed by atoms with E-state index in [4.69, 9.17) is 29.6 Å². The summed E-state index contributed by atoms with van der Waals surface area (Å²) >= 11 is 10.5. The maximum absolute atomic E-state index is 13.6. The zero-order valence-electron chi connectivity index (χ0n) is 9.15. The van der Waals surface area contributed by atoms with Gasteiger partial charge in [0.15, 0.2) is 5.82 Å². The predicted molar refractivity (Wildman–Crippen MR) is 74.8 cm³/mol. The third kappa shape index (κ3) is 2.75. The average Bonchev–Trinajstić information content (AvgIpc) is 2.36. The first-order valence-corrected chi connectivity index (χ1v) is 5.83. The molecule has 0 spiro atoms. The molecule has 0 saturated heterocycles. The fourth-order valence-electron chi connectivity index (χ4n) is 1.35. The van der Waals surface area contributed by atoms with Gasteiger partial charge in [-0.1, -0.05) is 29.9 Å². The van der Waals surface area contributed by atoms with Gasteiger partial charge in [0.25, 0.3) is 0 Å². The summed E-state index contributed by atoms with van der Waals surface area (Å²) in [5.41, 5.74) is 6.37. The molecule has 0 aliphatic carbocycles. The molecule has 0 saturated carbocycles. The van der Waals surface area contributed by atoms with Gasteiger partial charge in [-0.25, -0.2) is 9.37 Å². The van der Waals surface area contributed by atoms with E-state index in [1.807, 2.05) is 0 Å². The molecule has 0 bridgehead atoms. The average molecular weight is 282 g/mol. The number of pyridine rings is 1. The van der Waals surface area contributed by atoms with Crippen LogP contribution in [0.4, 0.5) is 15.9 Å². The van der Waals surface area contributed by atoms with E-state index in [9.17, 15) is 4.39 Å². The lowest BCUT2D eigenvalue weighted by atomic mass is 10.2. The van der Waals surface area contributed by atoms with Crippen molar-refractivity contribution in [1.82, 2.24) is 4.98 Å². The maximum atomic E-state index is 13.6. The number of halogens is 2. The molecule has 0 fully saturated rings. The second-order valence-electron chi connectivity index (χ2n) is 3.52. The molecule has 0 amide bonds. The molecular weight excluding hydrogens is 273 g/mol. The van der Waals surface area contributed by atoms with Crippen molar-refractivity contribution in [1.29, 1.82) is 0 Å². The van der Waals surface area contributed by atoms with Crippen LogP contribution < -0.4 is 11.1 Å². The number of hydrogen-bond donors (Lipinski definition) is 2. The molecule has 6 heteroatoms. The number of hydrogen-bond acceptors (Lipinski definition) is 3.